The van der Waals surface area contributed by atoms with Gasteiger partial charge in [0.25, 0.3) is 10.0 Å². The maximum absolute atomic E-state index is 12.8. The standard InChI is InChI=1S/C15H16N2O5S/c1-3-17(12-8-11(15(18)19)9-16-10-12)23(20,21)14-6-4-13(22-2)5-7-14/h4-10H,3H2,1-2H3,(H,18,19). The number of hydrogen-bond acceptors (Lipinski definition) is 5. The van der Waals surface area contributed by atoms with Crippen LogP contribution in [0.25, 0.3) is 0 Å². The minimum Gasteiger partial charge on any atom is -0.497 e. The van der Waals surface area contributed by atoms with Crippen LogP contribution in [0.1, 0.15) is 17.3 Å². The second-order valence-electron chi connectivity index (χ2n) is 4.58. The zero-order valence-corrected chi connectivity index (χ0v) is 13.4. The fourth-order valence-electron chi connectivity index (χ4n) is 2.05. The molecule has 122 valence electrons. The summed E-state index contributed by atoms with van der Waals surface area (Å²) in [5, 5.41) is 9.02. The lowest BCUT2D eigenvalue weighted by molar-refractivity contribution is 0.0696. The van der Waals surface area contributed by atoms with Crippen molar-refractivity contribution in [1.29, 1.82) is 0 Å². The molecule has 1 N–H and O–H groups in total. The Bertz CT molecular complexity index is 803. The number of carbonyl (C=O) groups is 1. The largest absolute Gasteiger partial charge is 0.497 e. The van der Waals surface area contributed by atoms with Crippen LogP contribution in [0.15, 0.2) is 47.6 Å². The number of hydrogen-bond donors (Lipinski definition) is 1. The SMILES string of the molecule is CCN(c1cncc(C(=O)O)c1)S(=O)(=O)c1ccc(OC)cc1. The number of carboxylic acids is 1. The van der Waals surface area contributed by atoms with Gasteiger partial charge >= 0.3 is 5.97 Å². The molecule has 0 unspecified atom stereocenters. The van der Waals surface area contributed by atoms with Crippen molar-refractivity contribution < 1.29 is 23.1 Å². The first-order valence-corrected chi connectivity index (χ1v) is 8.19. The van der Waals surface area contributed by atoms with E-state index in [2.05, 4.69) is 4.98 Å². The number of ether oxygens (including phenoxy) is 1. The Balaban J connectivity index is 2.46. The lowest BCUT2D eigenvalue weighted by atomic mass is 10.2. The fraction of sp³-hybridized carbons (Fsp3) is 0.200. The third kappa shape index (κ3) is 3.42. The van der Waals surface area contributed by atoms with Crippen LogP contribution in [0.3, 0.4) is 0 Å². The van der Waals surface area contributed by atoms with Gasteiger partial charge in [-0.2, -0.15) is 0 Å². The average molecular weight is 336 g/mol. The predicted octanol–water partition coefficient (Wildman–Crippen LogP) is 2.00. The molecule has 0 aliphatic rings. The molecule has 2 rings (SSSR count). The van der Waals surface area contributed by atoms with Crippen molar-refractivity contribution in [3.8, 4) is 5.75 Å². The van der Waals surface area contributed by atoms with Crippen LogP contribution in [0.5, 0.6) is 5.75 Å². The van der Waals surface area contributed by atoms with Crippen molar-refractivity contribution in [2.45, 2.75) is 11.8 Å². The van der Waals surface area contributed by atoms with Crippen LogP contribution >= 0.6 is 0 Å². The Morgan fingerprint density at radius 1 is 1.26 bits per heavy atom. The molecule has 0 bridgehead atoms. The van der Waals surface area contributed by atoms with Gasteiger partial charge in [-0.1, -0.05) is 0 Å². The number of nitrogens with zero attached hydrogens (tertiary/aromatic N) is 2. The topological polar surface area (TPSA) is 96.8 Å². The van der Waals surface area contributed by atoms with E-state index in [0.29, 0.717) is 5.75 Å². The molecule has 0 saturated carbocycles. The van der Waals surface area contributed by atoms with E-state index in [0.717, 1.165) is 4.31 Å². The molecule has 0 amide bonds. The maximum atomic E-state index is 12.8. The van der Waals surface area contributed by atoms with Gasteiger partial charge in [0.1, 0.15) is 5.75 Å². The lowest BCUT2D eigenvalue weighted by Crippen LogP contribution is -2.31. The molecule has 0 aliphatic heterocycles. The number of pyridine rings is 1. The third-order valence-electron chi connectivity index (χ3n) is 3.19. The highest BCUT2D eigenvalue weighted by atomic mass is 32.2. The number of aromatic nitrogens is 1. The molecule has 0 spiro atoms. The van der Waals surface area contributed by atoms with Gasteiger partial charge in [0.15, 0.2) is 0 Å². The Morgan fingerprint density at radius 3 is 2.43 bits per heavy atom. The summed E-state index contributed by atoms with van der Waals surface area (Å²) in [5.41, 5.74) is 0.120. The number of aromatic carboxylic acids is 1. The smallest absolute Gasteiger partial charge is 0.337 e. The van der Waals surface area contributed by atoms with Gasteiger partial charge in [0, 0.05) is 12.7 Å². The van der Waals surface area contributed by atoms with Crippen molar-refractivity contribution in [2.75, 3.05) is 18.0 Å². The van der Waals surface area contributed by atoms with Gasteiger partial charge in [-0.3, -0.25) is 9.29 Å². The van der Waals surface area contributed by atoms with E-state index < -0.39 is 16.0 Å². The van der Waals surface area contributed by atoms with E-state index in [9.17, 15) is 13.2 Å². The number of sulfonamides is 1. The molecule has 0 aliphatic carbocycles. The van der Waals surface area contributed by atoms with Crippen LogP contribution in [0.4, 0.5) is 5.69 Å². The molecule has 0 fully saturated rings. The zero-order chi connectivity index (χ0) is 17.0. The summed E-state index contributed by atoms with van der Waals surface area (Å²) in [6.07, 6.45) is 2.48. The summed E-state index contributed by atoms with van der Waals surface area (Å²) >= 11 is 0. The molecule has 0 saturated heterocycles. The number of carboxylic acid groups (broad SMARTS) is 1. The summed E-state index contributed by atoms with van der Waals surface area (Å²) in [6, 6.07) is 7.25. The minimum atomic E-state index is -3.83. The molecular weight excluding hydrogens is 320 g/mol. The Labute approximate surface area is 134 Å². The molecule has 0 radical (unpaired) electrons. The van der Waals surface area contributed by atoms with Crippen LogP contribution in [0, 0.1) is 0 Å². The molecule has 1 aromatic heterocycles. The lowest BCUT2D eigenvalue weighted by Gasteiger charge is -2.22. The summed E-state index contributed by atoms with van der Waals surface area (Å²) < 4.78 is 31.6. The molecule has 8 heteroatoms. The first-order chi connectivity index (χ1) is 10.9. The van der Waals surface area contributed by atoms with Gasteiger partial charge in [-0.05, 0) is 37.3 Å². The van der Waals surface area contributed by atoms with Crippen LogP contribution in [-0.2, 0) is 10.0 Å². The zero-order valence-electron chi connectivity index (χ0n) is 12.6. The quantitative estimate of drug-likeness (QED) is 0.866. The van der Waals surface area contributed by atoms with Crippen LogP contribution in [-0.4, -0.2) is 38.1 Å². The minimum absolute atomic E-state index is 0.0779. The molecule has 7 nitrogen and oxygen atoms in total. The van der Waals surface area contributed by atoms with Gasteiger partial charge < -0.3 is 9.84 Å². The van der Waals surface area contributed by atoms with Crippen molar-refractivity contribution in [3.63, 3.8) is 0 Å². The number of benzene rings is 1. The maximum Gasteiger partial charge on any atom is 0.337 e. The fourth-order valence-corrected chi connectivity index (χ4v) is 3.50. The highest BCUT2D eigenvalue weighted by molar-refractivity contribution is 7.92. The monoisotopic (exact) mass is 336 g/mol. The van der Waals surface area contributed by atoms with E-state index in [4.69, 9.17) is 9.84 Å². The van der Waals surface area contributed by atoms with Crippen molar-refractivity contribution in [3.05, 3.63) is 48.3 Å². The van der Waals surface area contributed by atoms with Gasteiger partial charge in [-0.15, -0.1) is 0 Å². The average Bonchev–Trinajstić information content (AvgIpc) is 2.55. The number of methoxy groups -OCH3 is 1. The molecule has 23 heavy (non-hydrogen) atoms. The summed E-state index contributed by atoms with van der Waals surface area (Å²) in [4.78, 5) is 14.9. The van der Waals surface area contributed by atoms with E-state index >= 15 is 0 Å². The van der Waals surface area contributed by atoms with Crippen LogP contribution in [0.2, 0.25) is 0 Å². The van der Waals surface area contributed by atoms with Gasteiger partial charge in [-0.25, -0.2) is 13.2 Å². The number of rotatable bonds is 6. The van der Waals surface area contributed by atoms with Crippen molar-refractivity contribution in [2.24, 2.45) is 0 Å². The predicted molar refractivity (Wildman–Crippen MR) is 84.4 cm³/mol. The van der Waals surface area contributed by atoms with E-state index in [-0.39, 0.29) is 22.7 Å². The summed E-state index contributed by atoms with van der Waals surface area (Å²) in [5.74, 6) is -0.626. The normalized spacial score (nSPS) is 11.0. The van der Waals surface area contributed by atoms with Gasteiger partial charge in [0.2, 0.25) is 0 Å². The highest BCUT2D eigenvalue weighted by Gasteiger charge is 2.24. The van der Waals surface area contributed by atoms with E-state index in [1.54, 1.807) is 19.1 Å². The van der Waals surface area contributed by atoms with Crippen molar-refractivity contribution >= 4 is 21.7 Å². The second-order valence-corrected chi connectivity index (χ2v) is 6.44. The summed E-state index contributed by atoms with van der Waals surface area (Å²) in [7, 11) is -2.34. The first kappa shape index (κ1) is 16.8. The second kappa shape index (κ2) is 6.66. The molecular formula is C15H16N2O5S. The number of anilines is 1. The van der Waals surface area contributed by atoms with Crippen molar-refractivity contribution in [1.82, 2.24) is 4.98 Å². The molecule has 1 aromatic carbocycles. The summed E-state index contributed by atoms with van der Waals surface area (Å²) in [6.45, 7) is 1.80. The molecule has 0 atom stereocenters. The Kier molecular flexibility index (Phi) is 4.85. The third-order valence-corrected chi connectivity index (χ3v) is 5.11. The van der Waals surface area contributed by atoms with E-state index in [1.165, 1.54) is 37.7 Å². The Morgan fingerprint density at radius 2 is 1.91 bits per heavy atom. The molecule has 1 heterocycles. The van der Waals surface area contributed by atoms with Crippen LogP contribution < -0.4 is 9.04 Å². The first-order valence-electron chi connectivity index (χ1n) is 6.75. The Hall–Kier alpha value is -2.61. The van der Waals surface area contributed by atoms with Gasteiger partial charge in [0.05, 0.1) is 29.5 Å². The van der Waals surface area contributed by atoms with E-state index in [1.807, 2.05) is 0 Å². The molecule has 2 aromatic rings. The highest BCUT2D eigenvalue weighted by Crippen LogP contribution is 2.25.